The Balaban J connectivity index is 2.04. The van der Waals surface area contributed by atoms with Gasteiger partial charge in [-0.25, -0.2) is 4.79 Å². The molecule has 0 aliphatic rings. The number of unbranched alkanes of at least 4 members (excludes halogenated alkanes) is 3. The van der Waals surface area contributed by atoms with Gasteiger partial charge in [-0.15, -0.1) is 0 Å². The van der Waals surface area contributed by atoms with Crippen LogP contribution in [0.1, 0.15) is 31.2 Å². The highest BCUT2D eigenvalue weighted by Crippen LogP contribution is 2.11. The fourth-order valence-corrected chi connectivity index (χ4v) is 1.97. The van der Waals surface area contributed by atoms with E-state index < -0.39 is 0 Å². The minimum absolute atomic E-state index is 0.120. The number of methoxy groups -OCH3 is 1. The molecule has 0 aromatic heterocycles. The third-order valence-electron chi connectivity index (χ3n) is 3.23. The molecule has 118 valence electrons. The van der Waals surface area contributed by atoms with Crippen LogP contribution < -0.4 is 15.4 Å². The van der Waals surface area contributed by atoms with E-state index >= 15 is 0 Å². The first kappa shape index (κ1) is 17.3. The summed E-state index contributed by atoms with van der Waals surface area (Å²) in [6.45, 7) is 1.54. The molecule has 3 N–H and O–H groups in total. The van der Waals surface area contributed by atoms with Crippen molar-refractivity contribution >= 4 is 6.03 Å². The van der Waals surface area contributed by atoms with Crippen LogP contribution >= 0.6 is 0 Å². The number of benzene rings is 1. The van der Waals surface area contributed by atoms with Crippen molar-refractivity contribution in [2.75, 3.05) is 26.8 Å². The average Bonchev–Trinajstić information content (AvgIpc) is 2.51. The number of urea groups is 1. The van der Waals surface area contributed by atoms with E-state index in [1.54, 1.807) is 7.11 Å². The summed E-state index contributed by atoms with van der Waals surface area (Å²) < 4.78 is 5.10. The van der Waals surface area contributed by atoms with Crippen molar-refractivity contribution in [3.8, 4) is 5.75 Å². The molecule has 1 rings (SSSR count). The van der Waals surface area contributed by atoms with Gasteiger partial charge in [0.2, 0.25) is 0 Å². The van der Waals surface area contributed by atoms with E-state index in [-0.39, 0.29) is 12.6 Å². The second-order valence-electron chi connectivity index (χ2n) is 4.92. The number of carbonyl (C=O) groups is 1. The van der Waals surface area contributed by atoms with Gasteiger partial charge in [-0.3, -0.25) is 0 Å². The van der Waals surface area contributed by atoms with E-state index in [9.17, 15) is 4.79 Å². The fourth-order valence-electron chi connectivity index (χ4n) is 1.97. The van der Waals surface area contributed by atoms with E-state index in [1.165, 1.54) is 5.56 Å². The first-order valence-electron chi connectivity index (χ1n) is 7.51. The molecule has 0 spiro atoms. The summed E-state index contributed by atoms with van der Waals surface area (Å²) >= 11 is 0. The van der Waals surface area contributed by atoms with Crippen molar-refractivity contribution < 1.29 is 14.6 Å². The molecule has 21 heavy (non-hydrogen) atoms. The first-order chi connectivity index (χ1) is 10.3. The highest BCUT2D eigenvalue weighted by molar-refractivity contribution is 5.73. The molecule has 0 aliphatic carbocycles. The fraction of sp³-hybridized carbons (Fsp3) is 0.562. The summed E-state index contributed by atoms with van der Waals surface area (Å²) in [5, 5.41) is 14.3. The Morgan fingerprint density at radius 3 is 2.38 bits per heavy atom. The van der Waals surface area contributed by atoms with E-state index in [0.29, 0.717) is 13.1 Å². The summed E-state index contributed by atoms with van der Waals surface area (Å²) in [6, 6.07) is 7.72. The molecule has 0 atom stereocenters. The van der Waals surface area contributed by atoms with Gasteiger partial charge in [0, 0.05) is 19.7 Å². The Kier molecular flexibility index (Phi) is 9.04. The van der Waals surface area contributed by atoms with Crippen LogP contribution in [-0.4, -0.2) is 37.9 Å². The molecular formula is C16H26N2O3. The molecule has 0 bridgehead atoms. The standard InChI is InChI=1S/C16H26N2O3/c1-21-15-8-6-14(7-9-15)10-12-18-16(20)17-11-4-2-3-5-13-19/h6-9,19H,2-5,10-13H2,1H3,(H2,17,18,20). The van der Waals surface area contributed by atoms with Crippen LogP contribution in [0.5, 0.6) is 5.75 Å². The van der Waals surface area contributed by atoms with E-state index in [4.69, 9.17) is 9.84 Å². The number of ether oxygens (including phenoxy) is 1. The minimum Gasteiger partial charge on any atom is -0.497 e. The Morgan fingerprint density at radius 1 is 1.05 bits per heavy atom. The topological polar surface area (TPSA) is 70.6 Å². The maximum absolute atomic E-state index is 11.5. The van der Waals surface area contributed by atoms with E-state index in [2.05, 4.69) is 10.6 Å². The zero-order valence-corrected chi connectivity index (χ0v) is 12.7. The summed E-state index contributed by atoms with van der Waals surface area (Å²) in [4.78, 5) is 11.5. The molecular weight excluding hydrogens is 268 g/mol. The third-order valence-corrected chi connectivity index (χ3v) is 3.23. The van der Waals surface area contributed by atoms with Crippen LogP contribution in [0, 0.1) is 0 Å². The number of hydrogen-bond acceptors (Lipinski definition) is 3. The van der Waals surface area contributed by atoms with Gasteiger partial charge in [-0.05, 0) is 37.0 Å². The molecule has 5 heteroatoms. The molecule has 2 amide bonds. The minimum atomic E-state index is -0.120. The Hall–Kier alpha value is -1.75. The molecule has 0 radical (unpaired) electrons. The van der Waals surface area contributed by atoms with Crippen LogP contribution in [0.15, 0.2) is 24.3 Å². The zero-order valence-electron chi connectivity index (χ0n) is 12.7. The Morgan fingerprint density at radius 2 is 1.71 bits per heavy atom. The first-order valence-corrected chi connectivity index (χ1v) is 7.51. The summed E-state index contributed by atoms with van der Waals surface area (Å²) in [5.41, 5.74) is 1.17. The lowest BCUT2D eigenvalue weighted by atomic mass is 10.1. The predicted molar refractivity (Wildman–Crippen MR) is 83.7 cm³/mol. The molecule has 0 saturated heterocycles. The molecule has 0 saturated carbocycles. The lowest BCUT2D eigenvalue weighted by Crippen LogP contribution is -2.37. The molecule has 1 aromatic rings. The normalized spacial score (nSPS) is 10.2. The van der Waals surface area contributed by atoms with Gasteiger partial charge in [0.1, 0.15) is 5.75 Å². The Bertz CT molecular complexity index is 393. The molecule has 0 heterocycles. The van der Waals surface area contributed by atoms with Gasteiger partial charge in [0.05, 0.1) is 7.11 Å². The number of rotatable bonds is 10. The number of aliphatic hydroxyl groups excluding tert-OH is 1. The maximum Gasteiger partial charge on any atom is 0.314 e. The molecule has 0 aliphatic heterocycles. The SMILES string of the molecule is COc1ccc(CCNC(=O)NCCCCCCO)cc1. The average molecular weight is 294 g/mol. The van der Waals surface area contributed by atoms with Crippen LogP contribution in [-0.2, 0) is 6.42 Å². The monoisotopic (exact) mass is 294 g/mol. The van der Waals surface area contributed by atoms with Crippen molar-refractivity contribution in [1.29, 1.82) is 0 Å². The van der Waals surface area contributed by atoms with Crippen molar-refractivity contribution in [2.45, 2.75) is 32.1 Å². The number of nitrogens with one attached hydrogen (secondary N) is 2. The van der Waals surface area contributed by atoms with Crippen LogP contribution in [0.3, 0.4) is 0 Å². The zero-order chi connectivity index (χ0) is 15.3. The lowest BCUT2D eigenvalue weighted by molar-refractivity contribution is 0.240. The van der Waals surface area contributed by atoms with Crippen molar-refractivity contribution in [3.05, 3.63) is 29.8 Å². The predicted octanol–water partition coefficient (Wildman–Crippen LogP) is 2.09. The van der Waals surface area contributed by atoms with Gasteiger partial charge in [0.15, 0.2) is 0 Å². The van der Waals surface area contributed by atoms with E-state index in [1.807, 2.05) is 24.3 Å². The van der Waals surface area contributed by atoms with Gasteiger partial charge < -0.3 is 20.5 Å². The molecule has 1 aromatic carbocycles. The van der Waals surface area contributed by atoms with Crippen LogP contribution in [0.4, 0.5) is 4.79 Å². The van der Waals surface area contributed by atoms with Crippen LogP contribution in [0.2, 0.25) is 0 Å². The largest absolute Gasteiger partial charge is 0.497 e. The highest BCUT2D eigenvalue weighted by atomic mass is 16.5. The smallest absolute Gasteiger partial charge is 0.314 e. The second kappa shape index (κ2) is 11.0. The quantitative estimate of drug-likeness (QED) is 0.579. The van der Waals surface area contributed by atoms with Gasteiger partial charge >= 0.3 is 6.03 Å². The number of hydrogen-bond donors (Lipinski definition) is 3. The van der Waals surface area contributed by atoms with Crippen LogP contribution in [0.25, 0.3) is 0 Å². The molecule has 0 fully saturated rings. The highest BCUT2D eigenvalue weighted by Gasteiger charge is 2.00. The number of aliphatic hydroxyl groups is 1. The van der Waals surface area contributed by atoms with Crippen molar-refractivity contribution in [3.63, 3.8) is 0 Å². The Labute approximate surface area is 126 Å². The summed E-state index contributed by atoms with van der Waals surface area (Å²) in [7, 11) is 1.64. The maximum atomic E-state index is 11.5. The molecule has 0 unspecified atom stereocenters. The van der Waals surface area contributed by atoms with Gasteiger partial charge in [-0.1, -0.05) is 25.0 Å². The van der Waals surface area contributed by atoms with Crippen molar-refractivity contribution in [1.82, 2.24) is 10.6 Å². The third kappa shape index (κ3) is 8.19. The number of carbonyl (C=O) groups excluding carboxylic acids is 1. The number of amides is 2. The summed E-state index contributed by atoms with van der Waals surface area (Å²) in [6.07, 6.45) is 4.64. The van der Waals surface area contributed by atoms with Gasteiger partial charge in [-0.2, -0.15) is 0 Å². The molecule has 5 nitrogen and oxygen atoms in total. The lowest BCUT2D eigenvalue weighted by Gasteiger charge is -2.08. The summed E-state index contributed by atoms with van der Waals surface area (Å²) in [5.74, 6) is 0.839. The second-order valence-corrected chi connectivity index (χ2v) is 4.92. The van der Waals surface area contributed by atoms with Gasteiger partial charge in [0.25, 0.3) is 0 Å². The van der Waals surface area contributed by atoms with E-state index in [0.717, 1.165) is 37.9 Å². The van der Waals surface area contributed by atoms with Crippen molar-refractivity contribution in [2.24, 2.45) is 0 Å².